The number of nitrogens with zero attached hydrogens (tertiary/aromatic N) is 1. The lowest BCUT2D eigenvalue weighted by molar-refractivity contribution is -0.137. The van der Waals surface area contributed by atoms with Crippen molar-refractivity contribution in [3.05, 3.63) is 119 Å². The molecular formula is C29H25F3N2O. The summed E-state index contributed by atoms with van der Waals surface area (Å²) in [5, 5.41) is 2.89. The minimum Gasteiger partial charge on any atom is -0.322 e. The van der Waals surface area contributed by atoms with E-state index in [2.05, 4.69) is 10.3 Å². The van der Waals surface area contributed by atoms with Gasteiger partial charge >= 0.3 is 6.18 Å². The number of anilines is 1. The van der Waals surface area contributed by atoms with E-state index in [1.54, 1.807) is 24.3 Å². The van der Waals surface area contributed by atoms with Crippen LogP contribution in [0, 0.1) is 6.92 Å². The normalized spacial score (nSPS) is 11.3. The number of aromatic nitrogens is 1. The molecular weight excluding hydrogens is 449 g/mol. The van der Waals surface area contributed by atoms with Crippen LogP contribution in [0.1, 0.15) is 39.3 Å². The molecule has 4 aromatic rings. The Labute approximate surface area is 202 Å². The second-order valence-corrected chi connectivity index (χ2v) is 8.40. The second-order valence-electron chi connectivity index (χ2n) is 8.40. The van der Waals surface area contributed by atoms with Crippen LogP contribution in [-0.2, 0) is 19.0 Å². The molecule has 1 amide bonds. The van der Waals surface area contributed by atoms with Gasteiger partial charge in [0.15, 0.2) is 0 Å². The van der Waals surface area contributed by atoms with Crippen molar-refractivity contribution in [2.24, 2.45) is 0 Å². The van der Waals surface area contributed by atoms with Gasteiger partial charge in [0.2, 0.25) is 0 Å². The summed E-state index contributed by atoms with van der Waals surface area (Å²) in [7, 11) is 0. The summed E-state index contributed by atoms with van der Waals surface area (Å²) in [5.41, 5.74) is 4.70. The highest BCUT2D eigenvalue weighted by Crippen LogP contribution is 2.32. The van der Waals surface area contributed by atoms with E-state index in [0.717, 1.165) is 42.8 Å². The number of pyridine rings is 1. The number of carbonyl (C=O) groups excluding carboxylic acids is 1. The summed E-state index contributed by atoms with van der Waals surface area (Å²) in [6.45, 7) is 1.98. The highest BCUT2D eigenvalue weighted by Gasteiger charge is 2.30. The van der Waals surface area contributed by atoms with Crippen LogP contribution >= 0.6 is 0 Å². The second kappa shape index (κ2) is 10.6. The number of nitrogens with one attached hydrogen (secondary N) is 1. The zero-order valence-corrected chi connectivity index (χ0v) is 19.3. The Balaban J connectivity index is 1.40. The third-order valence-electron chi connectivity index (χ3n) is 5.75. The first kappa shape index (κ1) is 24.2. The number of hydrogen-bond donors (Lipinski definition) is 1. The first-order valence-electron chi connectivity index (χ1n) is 11.4. The van der Waals surface area contributed by atoms with Crippen LogP contribution in [0.2, 0.25) is 0 Å². The Morgan fingerprint density at radius 1 is 0.829 bits per heavy atom. The number of amides is 1. The van der Waals surface area contributed by atoms with Gasteiger partial charge in [-0.05, 0) is 85.3 Å². The molecule has 1 aromatic heterocycles. The molecule has 1 heterocycles. The average Bonchev–Trinajstić information content (AvgIpc) is 2.85. The van der Waals surface area contributed by atoms with E-state index in [9.17, 15) is 18.0 Å². The van der Waals surface area contributed by atoms with Crippen LogP contribution < -0.4 is 5.32 Å². The minimum absolute atomic E-state index is 0.321. The summed E-state index contributed by atoms with van der Waals surface area (Å²) in [5.74, 6) is -0.321. The highest BCUT2D eigenvalue weighted by molar-refractivity contribution is 6.08. The molecule has 0 unspecified atom stereocenters. The number of aryl methyl sites for hydroxylation is 3. The van der Waals surface area contributed by atoms with Gasteiger partial charge in [0.1, 0.15) is 0 Å². The monoisotopic (exact) mass is 474 g/mol. The van der Waals surface area contributed by atoms with Crippen LogP contribution in [0.15, 0.2) is 91.0 Å². The SMILES string of the molecule is Cc1cccc(CCCc2ccc(NC(=O)c3ccccc3-c3ccc(C(F)(F)F)cc3)cc2)n1. The first-order valence-corrected chi connectivity index (χ1v) is 11.4. The van der Waals surface area contributed by atoms with Gasteiger partial charge in [-0.25, -0.2) is 0 Å². The quantitative estimate of drug-likeness (QED) is 0.301. The Kier molecular flexibility index (Phi) is 7.30. The maximum atomic E-state index is 13.0. The predicted molar refractivity (Wildman–Crippen MR) is 132 cm³/mol. The van der Waals surface area contributed by atoms with Crippen LogP contribution in [0.25, 0.3) is 11.1 Å². The maximum absolute atomic E-state index is 13.0. The van der Waals surface area contributed by atoms with Crippen LogP contribution in [-0.4, -0.2) is 10.9 Å². The zero-order chi connectivity index (χ0) is 24.8. The van der Waals surface area contributed by atoms with Gasteiger partial charge in [-0.2, -0.15) is 13.2 Å². The lowest BCUT2D eigenvalue weighted by Gasteiger charge is -2.12. The van der Waals surface area contributed by atoms with E-state index in [1.807, 2.05) is 49.4 Å². The molecule has 3 nitrogen and oxygen atoms in total. The molecule has 4 rings (SSSR count). The van der Waals surface area contributed by atoms with Gasteiger partial charge < -0.3 is 5.32 Å². The fraction of sp³-hybridized carbons (Fsp3) is 0.172. The molecule has 0 radical (unpaired) electrons. The van der Waals surface area contributed by atoms with Gasteiger partial charge in [-0.15, -0.1) is 0 Å². The molecule has 178 valence electrons. The molecule has 1 N–H and O–H groups in total. The Bertz CT molecular complexity index is 1300. The Morgan fingerprint density at radius 3 is 2.23 bits per heavy atom. The molecule has 0 aliphatic heterocycles. The molecule has 6 heteroatoms. The van der Waals surface area contributed by atoms with Crippen LogP contribution in [0.3, 0.4) is 0 Å². The summed E-state index contributed by atoms with van der Waals surface area (Å²) < 4.78 is 38.7. The number of rotatable bonds is 7. The Hall–Kier alpha value is -3.93. The largest absolute Gasteiger partial charge is 0.416 e. The van der Waals surface area contributed by atoms with Crippen LogP contribution in [0.4, 0.5) is 18.9 Å². The Morgan fingerprint density at radius 2 is 1.54 bits per heavy atom. The van der Waals surface area contributed by atoms with Crippen molar-refractivity contribution in [2.45, 2.75) is 32.4 Å². The number of carbonyl (C=O) groups is 1. The molecule has 0 spiro atoms. The lowest BCUT2D eigenvalue weighted by Crippen LogP contribution is -2.13. The predicted octanol–water partition coefficient (Wildman–Crippen LogP) is 7.50. The lowest BCUT2D eigenvalue weighted by atomic mass is 9.98. The third-order valence-corrected chi connectivity index (χ3v) is 5.75. The van der Waals surface area contributed by atoms with Crippen molar-refractivity contribution in [3.63, 3.8) is 0 Å². The molecule has 0 aliphatic rings. The highest BCUT2D eigenvalue weighted by atomic mass is 19.4. The van der Waals surface area contributed by atoms with E-state index in [-0.39, 0.29) is 5.91 Å². The van der Waals surface area contributed by atoms with E-state index < -0.39 is 11.7 Å². The van der Waals surface area contributed by atoms with Crippen molar-refractivity contribution in [1.29, 1.82) is 0 Å². The van der Waals surface area contributed by atoms with Crippen molar-refractivity contribution in [2.75, 3.05) is 5.32 Å². The number of alkyl halides is 3. The number of halogens is 3. The summed E-state index contributed by atoms with van der Waals surface area (Å²) in [6.07, 6.45) is -1.62. The molecule has 0 atom stereocenters. The fourth-order valence-corrected chi connectivity index (χ4v) is 3.94. The van der Waals surface area contributed by atoms with Crippen molar-refractivity contribution in [3.8, 4) is 11.1 Å². The summed E-state index contributed by atoms with van der Waals surface area (Å²) in [6, 6.07) is 25.4. The first-order chi connectivity index (χ1) is 16.8. The zero-order valence-electron chi connectivity index (χ0n) is 19.3. The van der Waals surface area contributed by atoms with Gasteiger partial charge in [-0.1, -0.05) is 48.5 Å². The molecule has 0 saturated heterocycles. The van der Waals surface area contributed by atoms with Gasteiger partial charge in [0.05, 0.1) is 5.56 Å². The van der Waals surface area contributed by atoms with Crippen molar-refractivity contribution in [1.82, 2.24) is 4.98 Å². The minimum atomic E-state index is -4.40. The summed E-state index contributed by atoms with van der Waals surface area (Å²) >= 11 is 0. The summed E-state index contributed by atoms with van der Waals surface area (Å²) in [4.78, 5) is 17.5. The van der Waals surface area contributed by atoms with Crippen molar-refractivity contribution >= 4 is 11.6 Å². The number of benzene rings is 3. The van der Waals surface area contributed by atoms with Gasteiger partial charge in [-0.3, -0.25) is 9.78 Å². The van der Waals surface area contributed by atoms with Crippen molar-refractivity contribution < 1.29 is 18.0 Å². The maximum Gasteiger partial charge on any atom is 0.416 e. The number of hydrogen-bond acceptors (Lipinski definition) is 2. The molecule has 35 heavy (non-hydrogen) atoms. The molecule has 0 saturated carbocycles. The van der Waals surface area contributed by atoms with Gasteiger partial charge in [0.25, 0.3) is 5.91 Å². The molecule has 3 aromatic carbocycles. The third kappa shape index (κ3) is 6.35. The smallest absolute Gasteiger partial charge is 0.322 e. The average molecular weight is 475 g/mol. The standard InChI is InChI=1S/C29H25F3N2O/c1-20-6-4-8-24(33-20)9-5-7-21-12-18-25(19-13-21)34-28(35)27-11-3-2-10-26(27)22-14-16-23(17-15-22)29(30,31)32/h2-4,6,8,10-19H,5,7,9H2,1H3,(H,34,35). The van der Waals surface area contributed by atoms with E-state index in [4.69, 9.17) is 0 Å². The molecule has 0 aliphatic carbocycles. The molecule has 0 fully saturated rings. The molecule has 0 bridgehead atoms. The van der Waals surface area contributed by atoms with E-state index in [0.29, 0.717) is 22.4 Å². The fourth-order valence-electron chi connectivity index (χ4n) is 3.94. The topological polar surface area (TPSA) is 42.0 Å². The van der Waals surface area contributed by atoms with Crippen LogP contribution in [0.5, 0.6) is 0 Å². The van der Waals surface area contributed by atoms with E-state index >= 15 is 0 Å². The van der Waals surface area contributed by atoms with E-state index in [1.165, 1.54) is 17.7 Å². The van der Waals surface area contributed by atoms with Gasteiger partial charge in [0, 0.05) is 22.6 Å².